The van der Waals surface area contributed by atoms with E-state index >= 15 is 0 Å². The Morgan fingerprint density at radius 3 is 2.40 bits per heavy atom. The maximum atomic E-state index is 13.2. The van der Waals surface area contributed by atoms with Gasteiger partial charge in [-0.15, -0.1) is 0 Å². The van der Waals surface area contributed by atoms with Gasteiger partial charge in [0.15, 0.2) is 0 Å². The summed E-state index contributed by atoms with van der Waals surface area (Å²) in [4.78, 5) is 16.3. The van der Waals surface area contributed by atoms with Gasteiger partial charge in [-0.1, -0.05) is 6.07 Å². The number of benzene rings is 2. The number of aromatic nitrogens is 1. The maximum absolute atomic E-state index is 13.2. The van der Waals surface area contributed by atoms with Gasteiger partial charge in [0.05, 0.1) is 19.0 Å². The number of amides is 1. The Morgan fingerprint density at radius 1 is 1.00 bits per heavy atom. The molecular weight excluding hydrogens is 321 g/mol. The molecule has 1 heterocycles. The number of nitrogens with one attached hydrogen (secondary N) is 2. The highest BCUT2D eigenvalue weighted by molar-refractivity contribution is 6.03. The zero-order chi connectivity index (χ0) is 17.6. The number of rotatable bonds is 5. The summed E-state index contributed by atoms with van der Waals surface area (Å²) in [6, 6.07) is 16.4. The van der Waals surface area contributed by atoms with Gasteiger partial charge in [0.1, 0.15) is 17.3 Å². The Labute approximate surface area is 144 Å². The van der Waals surface area contributed by atoms with Gasteiger partial charge in [-0.25, -0.2) is 9.37 Å². The Hall–Kier alpha value is -3.41. The van der Waals surface area contributed by atoms with E-state index in [4.69, 9.17) is 4.74 Å². The minimum absolute atomic E-state index is 0.278. The predicted molar refractivity (Wildman–Crippen MR) is 94.9 cm³/mol. The van der Waals surface area contributed by atoms with Crippen molar-refractivity contribution in [3.8, 4) is 5.75 Å². The van der Waals surface area contributed by atoms with Crippen molar-refractivity contribution >= 4 is 23.0 Å². The summed E-state index contributed by atoms with van der Waals surface area (Å²) in [7, 11) is 1.58. The third-order valence-electron chi connectivity index (χ3n) is 3.46. The van der Waals surface area contributed by atoms with E-state index in [2.05, 4.69) is 15.6 Å². The maximum Gasteiger partial charge on any atom is 0.274 e. The number of pyridine rings is 1. The van der Waals surface area contributed by atoms with Crippen molar-refractivity contribution in [2.75, 3.05) is 17.7 Å². The molecule has 2 N–H and O–H groups in total. The first kappa shape index (κ1) is 16.4. The molecule has 1 aromatic heterocycles. The number of carbonyl (C=O) groups excluding carboxylic acids is 1. The van der Waals surface area contributed by atoms with Gasteiger partial charge in [0, 0.05) is 11.4 Å². The van der Waals surface area contributed by atoms with E-state index < -0.39 is 0 Å². The lowest BCUT2D eigenvalue weighted by molar-refractivity contribution is 0.102. The van der Waals surface area contributed by atoms with Crippen LogP contribution in [0, 0.1) is 5.82 Å². The van der Waals surface area contributed by atoms with Crippen molar-refractivity contribution in [1.82, 2.24) is 4.98 Å². The van der Waals surface area contributed by atoms with Crippen molar-refractivity contribution in [3.05, 3.63) is 78.4 Å². The quantitative estimate of drug-likeness (QED) is 0.731. The molecule has 2 aromatic carbocycles. The number of hydrogen-bond acceptors (Lipinski definition) is 4. The van der Waals surface area contributed by atoms with Gasteiger partial charge in [0.2, 0.25) is 0 Å². The molecule has 0 unspecified atom stereocenters. The first-order chi connectivity index (χ1) is 12.1. The first-order valence-corrected chi connectivity index (χ1v) is 7.58. The highest BCUT2D eigenvalue weighted by atomic mass is 19.1. The van der Waals surface area contributed by atoms with E-state index in [1.807, 2.05) is 0 Å². The van der Waals surface area contributed by atoms with Crippen molar-refractivity contribution in [2.45, 2.75) is 0 Å². The fraction of sp³-hybridized carbons (Fsp3) is 0.0526. The topological polar surface area (TPSA) is 63.2 Å². The fourth-order valence-corrected chi connectivity index (χ4v) is 2.20. The van der Waals surface area contributed by atoms with E-state index in [1.165, 1.54) is 18.3 Å². The van der Waals surface area contributed by atoms with E-state index in [0.717, 1.165) is 0 Å². The zero-order valence-electron chi connectivity index (χ0n) is 13.5. The average molecular weight is 337 g/mol. The van der Waals surface area contributed by atoms with E-state index in [-0.39, 0.29) is 17.4 Å². The predicted octanol–water partition coefficient (Wildman–Crippen LogP) is 4.23. The molecule has 0 aliphatic heterocycles. The molecule has 0 bridgehead atoms. The SMILES string of the molecule is COc1ccc(NC(=O)c2ccc(Nc3cccc(F)c3)cn2)cc1. The molecule has 0 atom stereocenters. The third-order valence-corrected chi connectivity index (χ3v) is 3.46. The lowest BCUT2D eigenvalue weighted by atomic mass is 10.2. The molecule has 6 heteroatoms. The second kappa shape index (κ2) is 7.44. The van der Waals surface area contributed by atoms with Crippen LogP contribution in [0.1, 0.15) is 10.5 Å². The molecule has 5 nitrogen and oxygen atoms in total. The van der Waals surface area contributed by atoms with Crippen LogP contribution in [0.25, 0.3) is 0 Å². The third kappa shape index (κ3) is 4.32. The van der Waals surface area contributed by atoms with Crippen molar-refractivity contribution in [3.63, 3.8) is 0 Å². The van der Waals surface area contributed by atoms with Gasteiger partial charge < -0.3 is 15.4 Å². The molecule has 0 fully saturated rings. The van der Waals surface area contributed by atoms with Crippen LogP contribution in [-0.2, 0) is 0 Å². The fourth-order valence-electron chi connectivity index (χ4n) is 2.20. The van der Waals surface area contributed by atoms with Crippen LogP contribution in [-0.4, -0.2) is 18.0 Å². The number of hydrogen-bond donors (Lipinski definition) is 2. The largest absolute Gasteiger partial charge is 0.497 e. The molecule has 25 heavy (non-hydrogen) atoms. The number of halogens is 1. The second-order valence-electron chi connectivity index (χ2n) is 5.25. The normalized spacial score (nSPS) is 10.2. The summed E-state index contributed by atoms with van der Waals surface area (Å²) >= 11 is 0. The molecular formula is C19H16FN3O2. The number of anilines is 3. The van der Waals surface area contributed by atoms with Gasteiger partial charge in [-0.05, 0) is 54.6 Å². The van der Waals surface area contributed by atoms with Gasteiger partial charge in [-0.2, -0.15) is 0 Å². The van der Waals surface area contributed by atoms with Crippen LogP contribution in [0.4, 0.5) is 21.5 Å². The molecule has 0 radical (unpaired) electrons. The number of carbonyl (C=O) groups is 1. The summed E-state index contributed by atoms with van der Waals surface area (Å²) in [5.41, 5.74) is 2.19. The summed E-state index contributed by atoms with van der Waals surface area (Å²) in [6.45, 7) is 0. The van der Waals surface area contributed by atoms with E-state index in [0.29, 0.717) is 22.8 Å². The van der Waals surface area contributed by atoms with Crippen molar-refractivity contribution in [2.24, 2.45) is 0 Å². The summed E-state index contributed by atoms with van der Waals surface area (Å²) in [5.74, 6) is 0.0693. The number of methoxy groups -OCH3 is 1. The minimum atomic E-state index is -0.326. The molecule has 0 spiro atoms. The zero-order valence-corrected chi connectivity index (χ0v) is 13.5. The summed E-state index contributed by atoms with van der Waals surface area (Å²) < 4.78 is 18.3. The van der Waals surface area contributed by atoms with Crippen molar-refractivity contribution in [1.29, 1.82) is 0 Å². The monoisotopic (exact) mass is 337 g/mol. The van der Waals surface area contributed by atoms with Crippen molar-refractivity contribution < 1.29 is 13.9 Å². The minimum Gasteiger partial charge on any atom is -0.497 e. The van der Waals surface area contributed by atoms with E-state index in [1.54, 1.807) is 55.6 Å². The Balaban J connectivity index is 1.65. The van der Waals surface area contributed by atoms with E-state index in [9.17, 15) is 9.18 Å². The average Bonchev–Trinajstić information content (AvgIpc) is 2.63. The van der Waals surface area contributed by atoms with Gasteiger partial charge >= 0.3 is 0 Å². The van der Waals surface area contributed by atoms with Crippen LogP contribution < -0.4 is 15.4 Å². The molecule has 0 aliphatic rings. The van der Waals surface area contributed by atoms with Crippen LogP contribution in [0.5, 0.6) is 5.75 Å². The first-order valence-electron chi connectivity index (χ1n) is 7.58. The standard InChI is InChI=1S/C19H16FN3O2/c1-25-17-8-5-14(6-9-17)23-19(24)18-10-7-16(12-21-18)22-15-4-2-3-13(20)11-15/h2-12,22H,1H3,(H,23,24). The Bertz CT molecular complexity index is 865. The van der Waals surface area contributed by atoms with Crippen LogP contribution in [0.3, 0.4) is 0 Å². The molecule has 3 aromatic rings. The van der Waals surface area contributed by atoms with Gasteiger partial charge in [-0.3, -0.25) is 4.79 Å². The highest BCUT2D eigenvalue weighted by Crippen LogP contribution is 2.18. The highest BCUT2D eigenvalue weighted by Gasteiger charge is 2.08. The Morgan fingerprint density at radius 2 is 1.76 bits per heavy atom. The molecule has 0 saturated heterocycles. The molecule has 126 valence electrons. The Kier molecular flexibility index (Phi) is 4.89. The summed E-state index contributed by atoms with van der Waals surface area (Å²) in [6.07, 6.45) is 1.52. The molecule has 0 aliphatic carbocycles. The van der Waals surface area contributed by atoms with Crippen LogP contribution in [0.15, 0.2) is 66.9 Å². The number of nitrogens with zero attached hydrogens (tertiary/aromatic N) is 1. The number of ether oxygens (including phenoxy) is 1. The smallest absolute Gasteiger partial charge is 0.274 e. The summed E-state index contributed by atoms with van der Waals surface area (Å²) in [5, 5.41) is 5.78. The molecule has 0 saturated carbocycles. The lowest BCUT2D eigenvalue weighted by Crippen LogP contribution is -2.13. The molecule has 3 rings (SSSR count). The second-order valence-corrected chi connectivity index (χ2v) is 5.25. The van der Waals surface area contributed by atoms with Gasteiger partial charge in [0.25, 0.3) is 5.91 Å². The van der Waals surface area contributed by atoms with Crippen LogP contribution in [0.2, 0.25) is 0 Å². The lowest BCUT2D eigenvalue weighted by Gasteiger charge is -2.08. The molecule has 1 amide bonds. The van der Waals surface area contributed by atoms with Crippen LogP contribution >= 0.6 is 0 Å².